The maximum Gasteiger partial charge on any atom is 0.292 e. The SMILES string of the molecule is Cc1cccc2c1OC[N+](c1c(C(C)C)cccc1C(C)C)=C2. The Bertz CT molecular complexity index is 730. The maximum atomic E-state index is 6.09. The van der Waals surface area contributed by atoms with Gasteiger partial charge >= 0.3 is 0 Å². The highest BCUT2D eigenvalue weighted by atomic mass is 16.5. The van der Waals surface area contributed by atoms with Crippen molar-refractivity contribution in [2.24, 2.45) is 0 Å². The van der Waals surface area contributed by atoms with Gasteiger partial charge in [0.2, 0.25) is 5.69 Å². The van der Waals surface area contributed by atoms with E-state index in [4.69, 9.17) is 4.74 Å². The van der Waals surface area contributed by atoms with Gasteiger partial charge in [-0.1, -0.05) is 58.0 Å². The Kier molecular flexibility index (Phi) is 4.25. The van der Waals surface area contributed by atoms with Gasteiger partial charge in [-0.3, -0.25) is 0 Å². The van der Waals surface area contributed by atoms with Crippen molar-refractivity contribution in [2.75, 3.05) is 6.73 Å². The molecule has 0 amide bonds. The van der Waals surface area contributed by atoms with E-state index < -0.39 is 0 Å². The Hall–Kier alpha value is -2.09. The van der Waals surface area contributed by atoms with E-state index in [0.717, 1.165) is 11.3 Å². The fraction of sp³-hybridized carbons (Fsp3) is 0.381. The second kappa shape index (κ2) is 6.19. The first kappa shape index (κ1) is 15.8. The average Bonchev–Trinajstić information content (AvgIpc) is 2.54. The molecule has 0 bridgehead atoms. The number of aryl methyl sites for hydroxylation is 1. The van der Waals surface area contributed by atoms with Crippen LogP contribution in [-0.2, 0) is 0 Å². The molecule has 1 aliphatic heterocycles. The predicted molar refractivity (Wildman–Crippen MR) is 96.4 cm³/mol. The van der Waals surface area contributed by atoms with Crippen molar-refractivity contribution in [1.29, 1.82) is 0 Å². The Morgan fingerprint density at radius 2 is 1.52 bits per heavy atom. The number of hydrogen-bond acceptors (Lipinski definition) is 1. The summed E-state index contributed by atoms with van der Waals surface area (Å²) in [6.07, 6.45) is 2.24. The van der Waals surface area contributed by atoms with Gasteiger partial charge in [0.1, 0.15) is 5.75 Å². The highest BCUT2D eigenvalue weighted by molar-refractivity contribution is 5.82. The van der Waals surface area contributed by atoms with Crippen LogP contribution in [0.4, 0.5) is 5.69 Å². The van der Waals surface area contributed by atoms with E-state index in [-0.39, 0.29) is 0 Å². The van der Waals surface area contributed by atoms with Gasteiger partial charge in [-0.15, -0.1) is 0 Å². The highest BCUT2D eigenvalue weighted by Gasteiger charge is 2.27. The molecule has 0 unspecified atom stereocenters. The van der Waals surface area contributed by atoms with Crippen LogP contribution < -0.4 is 4.74 Å². The first-order chi connectivity index (χ1) is 11.0. The number of para-hydroxylation sites is 2. The zero-order valence-electron chi connectivity index (χ0n) is 14.8. The summed E-state index contributed by atoms with van der Waals surface area (Å²) >= 11 is 0. The monoisotopic (exact) mass is 308 g/mol. The smallest absolute Gasteiger partial charge is 0.292 e. The van der Waals surface area contributed by atoms with Crippen molar-refractivity contribution in [2.45, 2.75) is 46.5 Å². The van der Waals surface area contributed by atoms with Gasteiger partial charge in [0.25, 0.3) is 6.73 Å². The Labute approximate surface area is 139 Å². The molecule has 3 rings (SSSR count). The van der Waals surface area contributed by atoms with Crippen molar-refractivity contribution in [1.82, 2.24) is 0 Å². The normalized spacial score (nSPS) is 13.8. The van der Waals surface area contributed by atoms with Crippen molar-refractivity contribution in [3.63, 3.8) is 0 Å². The molecule has 0 radical (unpaired) electrons. The van der Waals surface area contributed by atoms with E-state index >= 15 is 0 Å². The summed E-state index contributed by atoms with van der Waals surface area (Å²) in [5.74, 6) is 1.98. The van der Waals surface area contributed by atoms with Gasteiger partial charge in [0.05, 0.1) is 5.56 Å². The molecule has 2 heteroatoms. The van der Waals surface area contributed by atoms with Crippen molar-refractivity contribution in [3.05, 3.63) is 58.7 Å². The summed E-state index contributed by atoms with van der Waals surface area (Å²) in [6.45, 7) is 11.7. The van der Waals surface area contributed by atoms with Crippen molar-refractivity contribution in [3.8, 4) is 5.75 Å². The minimum Gasteiger partial charge on any atom is -0.435 e. The number of rotatable bonds is 3. The molecule has 2 aromatic carbocycles. The molecule has 120 valence electrons. The van der Waals surface area contributed by atoms with Crippen molar-refractivity contribution >= 4 is 11.9 Å². The molecule has 0 saturated carbocycles. The molecule has 0 aliphatic carbocycles. The third kappa shape index (κ3) is 2.90. The summed E-state index contributed by atoms with van der Waals surface area (Å²) in [5.41, 5.74) is 6.42. The summed E-state index contributed by atoms with van der Waals surface area (Å²) in [5, 5.41) is 0. The molecule has 0 spiro atoms. The van der Waals surface area contributed by atoms with Gasteiger partial charge < -0.3 is 4.74 Å². The van der Waals surface area contributed by atoms with E-state index in [2.05, 4.69) is 81.8 Å². The Morgan fingerprint density at radius 3 is 2.13 bits per heavy atom. The Morgan fingerprint density at radius 1 is 0.913 bits per heavy atom. The fourth-order valence-electron chi connectivity index (χ4n) is 3.29. The molecule has 1 heterocycles. The largest absolute Gasteiger partial charge is 0.435 e. The lowest BCUT2D eigenvalue weighted by Gasteiger charge is -2.20. The van der Waals surface area contributed by atoms with Gasteiger partial charge in [-0.05, 0) is 30.4 Å². The second-order valence-electron chi connectivity index (χ2n) is 6.96. The summed E-state index contributed by atoms with van der Waals surface area (Å²) in [7, 11) is 0. The first-order valence-corrected chi connectivity index (χ1v) is 8.45. The van der Waals surface area contributed by atoms with Crippen LogP contribution in [0.25, 0.3) is 0 Å². The van der Waals surface area contributed by atoms with Crippen LogP contribution in [0, 0.1) is 6.92 Å². The third-order valence-electron chi connectivity index (χ3n) is 4.51. The number of nitrogens with zero attached hydrogens (tertiary/aromatic N) is 1. The molecule has 23 heavy (non-hydrogen) atoms. The molecule has 0 atom stereocenters. The average molecular weight is 308 g/mol. The Balaban J connectivity index is 2.19. The van der Waals surface area contributed by atoms with Crippen LogP contribution in [0.1, 0.15) is 61.8 Å². The summed E-state index contributed by atoms with van der Waals surface area (Å²) in [6, 6.07) is 13.0. The van der Waals surface area contributed by atoms with E-state index in [1.54, 1.807) is 0 Å². The maximum absolute atomic E-state index is 6.09. The molecule has 2 aromatic rings. The molecule has 1 aliphatic rings. The molecule has 0 fully saturated rings. The predicted octanol–water partition coefficient (Wildman–Crippen LogP) is 5.35. The van der Waals surface area contributed by atoms with Crippen LogP contribution in [0.3, 0.4) is 0 Å². The minimum atomic E-state index is 0.482. The van der Waals surface area contributed by atoms with Gasteiger partial charge in [-0.2, -0.15) is 4.58 Å². The standard InChI is InChI=1S/C21H26NO/c1-14(2)18-10-7-11-19(15(3)4)20(18)22-12-17-9-6-8-16(5)21(17)23-13-22/h6-12,14-15H,13H2,1-5H3/q+1. The molecule has 0 aromatic heterocycles. The molecule has 2 nitrogen and oxygen atoms in total. The topological polar surface area (TPSA) is 12.2 Å². The van der Waals surface area contributed by atoms with Crippen LogP contribution in [0.15, 0.2) is 36.4 Å². The summed E-state index contributed by atoms with van der Waals surface area (Å²) in [4.78, 5) is 0. The lowest BCUT2D eigenvalue weighted by atomic mass is 9.92. The van der Waals surface area contributed by atoms with Crippen LogP contribution in [0.2, 0.25) is 0 Å². The zero-order valence-corrected chi connectivity index (χ0v) is 14.8. The lowest BCUT2D eigenvalue weighted by molar-refractivity contribution is -0.477. The molecule has 0 N–H and O–H groups in total. The zero-order chi connectivity index (χ0) is 16.6. The van der Waals surface area contributed by atoms with Gasteiger partial charge in [0.15, 0.2) is 6.21 Å². The van der Waals surface area contributed by atoms with Crippen LogP contribution in [-0.4, -0.2) is 17.5 Å². The first-order valence-electron chi connectivity index (χ1n) is 8.45. The molecule has 0 saturated heterocycles. The summed E-state index contributed by atoms with van der Waals surface area (Å²) < 4.78 is 8.36. The minimum absolute atomic E-state index is 0.482. The van der Waals surface area contributed by atoms with Gasteiger partial charge in [0, 0.05) is 11.1 Å². The van der Waals surface area contributed by atoms with Gasteiger partial charge in [-0.25, -0.2) is 0 Å². The number of ether oxygens (including phenoxy) is 1. The third-order valence-corrected chi connectivity index (χ3v) is 4.51. The van der Waals surface area contributed by atoms with Crippen molar-refractivity contribution < 1.29 is 9.31 Å². The lowest BCUT2D eigenvalue weighted by Crippen LogP contribution is -2.23. The number of benzene rings is 2. The number of hydrogen-bond donors (Lipinski definition) is 0. The van der Waals surface area contributed by atoms with Crippen LogP contribution in [0.5, 0.6) is 5.75 Å². The fourth-order valence-corrected chi connectivity index (χ4v) is 3.29. The van der Waals surface area contributed by atoms with Crippen LogP contribution >= 0.6 is 0 Å². The van der Waals surface area contributed by atoms with E-state index in [1.807, 2.05) is 0 Å². The second-order valence-corrected chi connectivity index (χ2v) is 6.96. The number of fused-ring (bicyclic) bond motifs is 1. The van der Waals surface area contributed by atoms with E-state index in [0.29, 0.717) is 18.6 Å². The molecular formula is C21H26NO+. The van der Waals surface area contributed by atoms with E-state index in [9.17, 15) is 0 Å². The van der Waals surface area contributed by atoms with E-state index in [1.165, 1.54) is 22.4 Å². The molecular weight excluding hydrogens is 282 g/mol. The highest BCUT2D eigenvalue weighted by Crippen LogP contribution is 2.36. The quantitative estimate of drug-likeness (QED) is 0.696.